The molecule has 4 rings (SSSR count). The largest absolute Gasteiger partial charge is 0.274 e. The van der Waals surface area contributed by atoms with E-state index in [0.717, 1.165) is 11.3 Å². The number of benzene rings is 2. The Morgan fingerprint density at radius 3 is 2.64 bits per heavy atom. The molecule has 5 heteroatoms. The van der Waals surface area contributed by atoms with Crippen LogP contribution in [0.3, 0.4) is 0 Å². The number of fused-ring (bicyclic) bond motifs is 3. The van der Waals surface area contributed by atoms with Gasteiger partial charge in [-0.2, -0.15) is 0 Å². The Bertz CT molecular complexity index is 979. The number of nitrogens with zero attached hydrogens (tertiary/aromatic N) is 3. The van der Waals surface area contributed by atoms with Gasteiger partial charge in [0, 0.05) is 18.0 Å². The maximum absolute atomic E-state index is 13.9. The first-order valence-corrected chi connectivity index (χ1v) is 7.26. The highest BCUT2D eigenvalue weighted by Crippen LogP contribution is 2.24. The Labute approximate surface area is 131 Å². The predicted molar refractivity (Wildman–Crippen MR) is 84.7 cm³/mol. The fraction of sp³-hybridized carbons (Fsp3) is 0.0588. The van der Waals surface area contributed by atoms with E-state index in [9.17, 15) is 4.39 Å². The predicted octanol–water partition coefficient (Wildman–Crippen LogP) is 4.27. The summed E-state index contributed by atoms with van der Waals surface area (Å²) in [5.74, 6) is -0.394. The molecular weight excluding hydrogens is 301 g/mol. The standard InChI is InChI=1S/C17H11ClFN3/c18-17-21-15-13(7-4-8-14(15)19)16-20-12(10-22(16)17)9-11-5-2-1-3-6-11/h1-8,10H,9H2. The van der Waals surface area contributed by atoms with E-state index in [1.54, 1.807) is 16.5 Å². The van der Waals surface area contributed by atoms with E-state index in [1.807, 2.05) is 36.5 Å². The average molecular weight is 312 g/mol. The van der Waals surface area contributed by atoms with Gasteiger partial charge < -0.3 is 0 Å². The molecule has 3 nitrogen and oxygen atoms in total. The van der Waals surface area contributed by atoms with Crippen molar-refractivity contribution in [1.29, 1.82) is 0 Å². The zero-order chi connectivity index (χ0) is 15.1. The van der Waals surface area contributed by atoms with Crippen molar-refractivity contribution in [2.75, 3.05) is 0 Å². The summed E-state index contributed by atoms with van der Waals surface area (Å²) in [6, 6.07) is 14.9. The van der Waals surface area contributed by atoms with E-state index in [-0.39, 0.29) is 10.8 Å². The first-order valence-electron chi connectivity index (χ1n) is 6.88. The van der Waals surface area contributed by atoms with Crippen LogP contribution in [0.25, 0.3) is 16.6 Å². The number of aromatic nitrogens is 3. The molecule has 2 heterocycles. The van der Waals surface area contributed by atoms with Crippen LogP contribution in [0, 0.1) is 5.82 Å². The summed E-state index contributed by atoms with van der Waals surface area (Å²) >= 11 is 6.17. The van der Waals surface area contributed by atoms with Gasteiger partial charge in [0.2, 0.25) is 5.28 Å². The maximum atomic E-state index is 13.9. The van der Waals surface area contributed by atoms with Gasteiger partial charge >= 0.3 is 0 Å². The Hall–Kier alpha value is -2.46. The maximum Gasteiger partial charge on any atom is 0.209 e. The molecule has 0 N–H and O–H groups in total. The van der Waals surface area contributed by atoms with Gasteiger partial charge in [0.25, 0.3) is 0 Å². The van der Waals surface area contributed by atoms with Crippen molar-refractivity contribution in [2.24, 2.45) is 0 Å². The van der Waals surface area contributed by atoms with E-state index < -0.39 is 5.82 Å². The topological polar surface area (TPSA) is 30.2 Å². The number of hydrogen-bond donors (Lipinski definition) is 0. The van der Waals surface area contributed by atoms with Crippen molar-refractivity contribution < 1.29 is 4.39 Å². The van der Waals surface area contributed by atoms with Gasteiger partial charge in [-0.3, -0.25) is 4.40 Å². The summed E-state index contributed by atoms with van der Waals surface area (Å²) in [7, 11) is 0. The molecule has 22 heavy (non-hydrogen) atoms. The molecule has 0 aliphatic carbocycles. The third-order valence-electron chi connectivity index (χ3n) is 3.61. The summed E-state index contributed by atoms with van der Waals surface area (Å²) in [6.45, 7) is 0. The lowest BCUT2D eigenvalue weighted by Crippen LogP contribution is -1.94. The highest BCUT2D eigenvalue weighted by molar-refractivity contribution is 6.29. The van der Waals surface area contributed by atoms with Crippen molar-refractivity contribution in [3.63, 3.8) is 0 Å². The molecule has 2 aromatic heterocycles. The summed E-state index contributed by atoms with van der Waals surface area (Å²) in [4.78, 5) is 8.75. The molecule has 0 unspecified atom stereocenters. The SMILES string of the molecule is Fc1cccc2c1nc(Cl)n1cc(Cc3ccccc3)nc21. The first kappa shape index (κ1) is 13.2. The minimum Gasteiger partial charge on any atom is -0.274 e. The van der Waals surface area contributed by atoms with Crippen molar-refractivity contribution in [3.8, 4) is 0 Å². The summed E-state index contributed by atoms with van der Waals surface area (Å²) in [5, 5.41) is 0.864. The van der Waals surface area contributed by atoms with Gasteiger partial charge in [-0.25, -0.2) is 14.4 Å². The number of rotatable bonds is 2. The van der Waals surface area contributed by atoms with Crippen LogP contribution in [0.4, 0.5) is 4.39 Å². The van der Waals surface area contributed by atoms with Crippen LogP contribution in [0.15, 0.2) is 54.7 Å². The van der Waals surface area contributed by atoms with Gasteiger partial charge in [0.05, 0.1) is 5.69 Å². The molecule has 0 atom stereocenters. The fourth-order valence-electron chi connectivity index (χ4n) is 2.61. The summed E-state index contributed by atoms with van der Waals surface area (Å²) in [5.41, 5.74) is 2.90. The minimum atomic E-state index is -0.394. The molecule has 0 aliphatic heterocycles. The third kappa shape index (κ3) is 2.12. The molecule has 4 aromatic rings. The zero-order valence-corrected chi connectivity index (χ0v) is 12.3. The van der Waals surface area contributed by atoms with Crippen LogP contribution in [0.5, 0.6) is 0 Å². The molecule has 0 aliphatic rings. The van der Waals surface area contributed by atoms with Crippen LogP contribution >= 0.6 is 11.6 Å². The molecule has 0 spiro atoms. The summed E-state index contributed by atoms with van der Waals surface area (Å²) in [6.07, 6.45) is 2.54. The summed E-state index contributed by atoms with van der Waals surface area (Å²) < 4.78 is 15.6. The number of hydrogen-bond acceptors (Lipinski definition) is 2. The van der Waals surface area contributed by atoms with Crippen LogP contribution in [-0.2, 0) is 6.42 Å². The van der Waals surface area contributed by atoms with Gasteiger partial charge in [-0.1, -0.05) is 36.4 Å². The second kappa shape index (κ2) is 5.07. The highest BCUT2D eigenvalue weighted by Gasteiger charge is 2.13. The first-order chi connectivity index (χ1) is 10.7. The lowest BCUT2D eigenvalue weighted by molar-refractivity contribution is 0.636. The molecular formula is C17H11ClFN3. The number of halogens is 2. The molecule has 0 saturated carbocycles. The monoisotopic (exact) mass is 311 g/mol. The van der Waals surface area contributed by atoms with Gasteiger partial charge in [0.15, 0.2) is 0 Å². The number of para-hydroxylation sites is 1. The van der Waals surface area contributed by atoms with Crippen LogP contribution in [-0.4, -0.2) is 14.4 Å². The molecule has 0 bridgehead atoms. The molecule has 0 radical (unpaired) electrons. The Kier molecular flexibility index (Phi) is 3.05. The Balaban J connectivity index is 1.92. The van der Waals surface area contributed by atoms with Crippen molar-refractivity contribution >= 4 is 28.2 Å². The van der Waals surface area contributed by atoms with Gasteiger partial charge in [0.1, 0.15) is 17.0 Å². The Morgan fingerprint density at radius 1 is 1.00 bits per heavy atom. The highest BCUT2D eigenvalue weighted by atomic mass is 35.5. The third-order valence-corrected chi connectivity index (χ3v) is 3.88. The van der Waals surface area contributed by atoms with Crippen molar-refractivity contribution in [2.45, 2.75) is 6.42 Å². The van der Waals surface area contributed by atoms with E-state index in [2.05, 4.69) is 9.97 Å². The number of imidazole rings is 1. The van der Waals surface area contributed by atoms with Gasteiger partial charge in [-0.05, 0) is 29.3 Å². The Morgan fingerprint density at radius 2 is 1.82 bits per heavy atom. The van der Waals surface area contributed by atoms with Gasteiger partial charge in [-0.15, -0.1) is 0 Å². The van der Waals surface area contributed by atoms with E-state index >= 15 is 0 Å². The molecule has 0 amide bonds. The van der Waals surface area contributed by atoms with E-state index in [0.29, 0.717) is 17.5 Å². The van der Waals surface area contributed by atoms with E-state index in [4.69, 9.17) is 11.6 Å². The average Bonchev–Trinajstić information content (AvgIpc) is 2.94. The molecule has 108 valence electrons. The van der Waals surface area contributed by atoms with Crippen molar-refractivity contribution in [3.05, 3.63) is 77.1 Å². The lowest BCUT2D eigenvalue weighted by Gasteiger charge is -2.02. The second-order valence-corrected chi connectivity index (χ2v) is 5.44. The second-order valence-electron chi connectivity index (χ2n) is 5.11. The van der Waals surface area contributed by atoms with Crippen LogP contribution < -0.4 is 0 Å². The lowest BCUT2D eigenvalue weighted by atomic mass is 10.1. The fourth-order valence-corrected chi connectivity index (χ4v) is 2.82. The molecule has 0 saturated heterocycles. The van der Waals surface area contributed by atoms with E-state index in [1.165, 1.54) is 6.07 Å². The molecule has 0 fully saturated rings. The van der Waals surface area contributed by atoms with Crippen molar-refractivity contribution in [1.82, 2.24) is 14.4 Å². The quantitative estimate of drug-likeness (QED) is 0.518. The van der Waals surface area contributed by atoms with Crippen LogP contribution in [0.1, 0.15) is 11.3 Å². The minimum absolute atomic E-state index is 0.208. The smallest absolute Gasteiger partial charge is 0.209 e. The molecule has 2 aromatic carbocycles. The normalized spacial score (nSPS) is 11.4. The van der Waals surface area contributed by atoms with Crippen LogP contribution in [0.2, 0.25) is 5.28 Å². The zero-order valence-electron chi connectivity index (χ0n) is 11.5.